The summed E-state index contributed by atoms with van der Waals surface area (Å²) in [6, 6.07) is 6.55. The first-order valence-electron chi connectivity index (χ1n) is 6.20. The number of para-hydroxylation sites is 1. The van der Waals surface area contributed by atoms with Crippen molar-refractivity contribution in [3.63, 3.8) is 0 Å². The fraction of sp³-hybridized carbons (Fsp3) is 0.462. The molecule has 7 heteroatoms. The molecule has 1 aliphatic carbocycles. The van der Waals surface area contributed by atoms with Crippen molar-refractivity contribution in [1.82, 2.24) is 5.32 Å². The van der Waals surface area contributed by atoms with Crippen LogP contribution in [0.25, 0.3) is 0 Å². The lowest BCUT2D eigenvalue weighted by molar-refractivity contribution is -0.385. The third-order valence-corrected chi connectivity index (χ3v) is 3.80. The summed E-state index contributed by atoms with van der Waals surface area (Å²) in [7, 11) is 1.69. The second-order valence-corrected chi connectivity index (χ2v) is 5.15. The molecule has 0 aliphatic heterocycles. The Hall–Kier alpha value is -1.84. The van der Waals surface area contributed by atoms with Crippen molar-refractivity contribution in [1.29, 1.82) is 5.26 Å². The lowest BCUT2D eigenvalue weighted by atomic mass is 9.96. The van der Waals surface area contributed by atoms with Gasteiger partial charge in [0.1, 0.15) is 12.1 Å². The molecular formula is C13H14ClN3O3. The van der Waals surface area contributed by atoms with Crippen molar-refractivity contribution in [2.75, 3.05) is 13.7 Å². The van der Waals surface area contributed by atoms with Crippen LogP contribution in [0.5, 0.6) is 5.75 Å². The van der Waals surface area contributed by atoms with Crippen LogP contribution in [-0.2, 0) is 0 Å². The fourth-order valence-electron chi connectivity index (χ4n) is 2.12. The van der Waals surface area contributed by atoms with Gasteiger partial charge in [-0.2, -0.15) is 5.26 Å². The van der Waals surface area contributed by atoms with Crippen LogP contribution in [0.1, 0.15) is 12.8 Å². The number of ether oxygens (including phenoxy) is 1. The highest BCUT2D eigenvalue weighted by molar-refractivity contribution is 6.32. The molecule has 2 rings (SSSR count). The van der Waals surface area contributed by atoms with Gasteiger partial charge < -0.3 is 4.74 Å². The number of rotatable bonds is 6. The minimum atomic E-state index is -0.826. The smallest absolute Gasteiger partial charge is 0.312 e. The average Bonchev–Trinajstić information content (AvgIpc) is 3.26. The van der Waals surface area contributed by atoms with E-state index in [0.717, 1.165) is 12.8 Å². The Bertz CT molecular complexity index is 568. The van der Waals surface area contributed by atoms with Gasteiger partial charge in [0.15, 0.2) is 0 Å². The number of nitriles is 1. The summed E-state index contributed by atoms with van der Waals surface area (Å²) in [5.74, 6) is 0.216. The lowest BCUT2D eigenvalue weighted by Crippen LogP contribution is -2.49. The van der Waals surface area contributed by atoms with Crippen molar-refractivity contribution in [3.8, 4) is 11.8 Å². The molecule has 1 aromatic rings. The number of halogens is 1. The van der Waals surface area contributed by atoms with Crippen LogP contribution in [0.2, 0.25) is 5.02 Å². The maximum absolute atomic E-state index is 11.0. The van der Waals surface area contributed by atoms with Crippen LogP contribution in [0, 0.1) is 27.4 Å². The second-order valence-electron chi connectivity index (χ2n) is 4.74. The standard InChI is InChI=1S/C13H14ClN3O3/c1-16-13(7-15,9-5-6-9)8-20-12-10(14)3-2-4-11(12)17(18)19/h2-4,9,16H,5-6,8H2,1H3. The largest absolute Gasteiger partial charge is 0.483 e. The molecule has 1 aliphatic rings. The van der Waals surface area contributed by atoms with E-state index in [1.807, 2.05) is 0 Å². The lowest BCUT2D eigenvalue weighted by Gasteiger charge is -2.26. The average molecular weight is 296 g/mol. The molecule has 1 atom stereocenters. The molecule has 6 nitrogen and oxygen atoms in total. The molecule has 1 aromatic carbocycles. The van der Waals surface area contributed by atoms with Gasteiger partial charge in [-0.1, -0.05) is 17.7 Å². The minimum Gasteiger partial charge on any atom is -0.483 e. The molecule has 1 unspecified atom stereocenters. The molecule has 106 valence electrons. The summed E-state index contributed by atoms with van der Waals surface area (Å²) in [4.78, 5) is 10.4. The van der Waals surface area contributed by atoms with Gasteiger partial charge in [0.25, 0.3) is 0 Å². The predicted octanol–water partition coefficient (Wildman–Crippen LogP) is 2.52. The van der Waals surface area contributed by atoms with Crippen molar-refractivity contribution in [3.05, 3.63) is 33.3 Å². The van der Waals surface area contributed by atoms with E-state index >= 15 is 0 Å². The molecule has 20 heavy (non-hydrogen) atoms. The monoisotopic (exact) mass is 295 g/mol. The van der Waals surface area contributed by atoms with Gasteiger partial charge in [0, 0.05) is 6.07 Å². The van der Waals surface area contributed by atoms with E-state index in [1.165, 1.54) is 18.2 Å². The molecule has 0 aromatic heterocycles. The second kappa shape index (κ2) is 5.65. The number of hydrogen-bond acceptors (Lipinski definition) is 5. The van der Waals surface area contributed by atoms with E-state index in [-0.39, 0.29) is 29.0 Å². The minimum absolute atomic E-state index is 0.00897. The topological polar surface area (TPSA) is 88.2 Å². The number of nitrogens with one attached hydrogen (secondary N) is 1. The van der Waals surface area contributed by atoms with E-state index < -0.39 is 10.5 Å². The Morgan fingerprint density at radius 2 is 2.35 bits per heavy atom. The third kappa shape index (κ3) is 2.69. The van der Waals surface area contributed by atoms with Crippen molar-refractivity contribution < 1.29 is 9.66 Å². The highest BCUT2D eigenvalue weighted by atomic mass is 35.5. The van der Waals surface area contributed by atoms with Gasteiger partial charge in [-0.3, -0.25) is 15.4 Å². The fourth-order valence-corrected chi connectivity index (χ4v) is 2.34. The molecule has 1 N–H and O–H groups in total. The van der Waals surface area contributed by atoms with Crippen LogP contribution in [0.3, 0.4) is 0 Å². The molecule has 0 radical (unpaired) electrons. The highest BCUT2D eigenvalue weighted by Crippen LogP contribution is 2.41. The highest BCUT2D eigenvalue weighted by Gasteiger charge is 2.46. The summed E-state index contributed by atoms with van der Waals surface area (Å²) in [6.45, 7) is 0.0231. The van der Waals surface area contributed by atoms with Crippen LogP contribution < -0.4 is 10.1 Å². The van der Waals surface area contributed by atoms with E-state index in [2.05, 4.69) is 11.4 Å². The Balaban J connectivity index is 2.22. The number of nitro benzene ring substituents is 1. The maximum atomic E-state index is 11.0. The summed E-state index contributed by atoms with van der Waals surface area (Å²) >= 11 is 5.95. The molecule has 0 heterocycles. The number of nitro groups is 1. The predicted molar refractivity (Wildman–Crippen MR) is 73.7 cm³/mol. The summed E-state index contributed by atoms with van der Waals surface area (Å²) in [6.07, 6.45) is 1.89. The molecule has 1 fully saturated rings. The van der Waals surface area contributed by atoms with Crippen molar-refractivity contribution in [2.45, 2.75) is 18.4 Å². The molecule has 0 saturated heterocycles. The Morgan fingerprint density at radius 3 is 2.85 bits per heavy atom. The number of likely N-dealkylation sites (N-methyl/N-ethyl adjacent to an activating group) is 1. The summed E-state index contributed by atoms with van der Waals surface area (Å²) < 4.78 is 5.52. The zero-order valence-corrected chi connectivity index (χ0v) is 11.7. The maximum Gasteiger partial charge on any atom is 0.312 e. The summed E-state index contributed by atoms with van der Waals surface area (Å²) in [5.41, 5.74) is -1.02. The van der Waals surface area contributed by atoms with E-state index in [4.69, 9.17) is 16.3 Å². The summed E-state index contributed by atoms with van der Waals surface area (Å²) in [5, 5.41) is 23.5. The van der Waals surface area contributed by atoms with Gasteiger partial charge >= 0.3 is 5.69 Å². The van der Waals surface area contributed by atoms with Gasteiger partial charge in [-0.05, 0) is 31.9 Å². The van der Waals surface area contributed by atoms with Gasteiger partial charge in [0.2, 0.25) is 5.75 Å². The van der Waals surface area contributed by atoms with E-state index in [1.54, 1.807) is 7.05 Å². The zero-order valence-electron chi connectivity index (χ0n) is 10.9. The van der Waals surface area contributed by atoms with Crippen LogP contribution in [-0.4, -0.2) is 24.1 Å². The molecule has 0 spiro atoms. The zero-order chi connectivity index (χ0) is 14.8. The van der Waals surface area contributed by atoms with Gasteiger partial charge in [-0.25, -0.2) is 0 Å². The van der Waals surface area contributed by atoms with Crippen LogP contribution in [0.4, 0.5) is 5.69 Å². The SMILES string of the molecule is CNC(C#N)(COc1c(Cl)cccc1[N+](=O)[O-])C1CC1. The van der Waals surface area contributed by atoms with E-state index in [0.29, 0.717) is 0 Å². The first-order chi connectivity index (χ1) is 9.54. The molecule has 0 amide bonds. The number of benzene rings is 1. The normalized spacial score (nSPS) is 17.1. The number of nitrogens with zero attached hydrogens (tertiary/aromatic N) is 2. The van der Waals surface area contributed by atoms with Crippen molar-refractivity contribution >= 4 is 17.3 Å². The van der Waals surface area contributed by atoms with Crippen LogP contribution >= 0.6 is 11.6 Å². The Kier molecular flexibility index (Phi) is 4.12. The third-order valence-electron chi connectivity index (χ3n) is 3.51. The molecule has 0 bridgehead atoms. The first kappa shape index (κ1) is 14.6. The van der Waals surface area contributed by atoms with Crippen molar-refractivity contribution in [2.24, 2.45) is 5.92 Å². The first-order valence-corrected chi connectivity index (χ1v) is 6.57. The van der Waals surface area contributed by atoms with E-state index in [9.17, 15) is 15.4 Å². The number of hydrogen-bond donors (Lipinski definition) is 1. The molecular weight excluding hydrogens is 282 g/mol. The van der Waals surface area contributed by atoms with Crippen LogP contribution in [0.15, 0.2) is 18.2 Å². The van der Waals surface area contributed by atoms with Gasteiger partial charge in [-0.15, -0.1) is 0 Å². The Labute approximate surface area is 121 Å². The quantitative estimate of drug-likeness (QED) is 0.643. The van der Waals surface area contributed by atoms with Gasteiger partial charge in [0.05, 0.1) is 16.0 Å². The molecule has 1 saturated carbocycles. The Morgan fingerprint density at radius 1 is 1.65 bits per heavy atom.